The highest BCUT2D eigenvalue weighted by Gasteiger charge is 2.62. The van der Waals surface area contributed by atoms with Crippen molar-refractivity contribution >= 4 is 5.78 Å². The van der Waals surface area contributed by atoms with E-state index in [1.54, 1.807) is 14.2 Å². The predicted molar refractivity (Wildman–Crippen MR) is 198 cm³/mol. The number of aliphatic hydroxyl groups is 2. The zero-order chi connectivity index (χ0) is 37.7. The van der Waals surface area contributed by atoms with Gasteiger partial charge in [-0.1, -0.05) is 13.2 Å². The minimum Gasteiger partial charge on any atom is -0.393 e. The lowest BCUT2D eigenvalue weighted by Crippen LogP contribution is -2.70. The highest BCUT2D eigenvalue weighted by molar-refractivity contribution is 5.79. The van der Waals surface area contributed by atoms with Crippen molar-refractivity contribution in [3.63, 3.8) is 0 Å². The number of aliphatic hydroxyl groups excluding tert-OH is 1. The number of likely N-dealkylation sites (N-methyl/N-ethyl adjacent to an activating group) is 1. The molecule has 9 aliphatic rings. The maximum atomic E-state index is 14.1. The third-order valence-electron chi connectivity index (χ3n) is 14.4. The third kappa shape index (κ3) is 8.06. The molecule has 54 heavy (non-hydrogen) atoms. The van der Waals surface area contributed by atoms with Crippen molar-refractivity contribution in [2.45, 2.75) is 188 Å². The summed E-state index contributed by atoms with van der Waals surface area (Å²) < 4.78 is 52.3. The summed E-state index contributed by atoms with van der Waals surface area (Å²) in [5.41, 5.74) is 2.15. The fourth-order valence-electron chi connectivity index (χ4n) is 11.4. The van der Waals surface area contributed by atoms with Crippen LogP contribution >= 0.6 is 0 Å². The van der Waals surface area contributed by atoms with E-state index < -0.39 is 18.0 Å². The van der Waals surface area contributed by atoms with E-state index >= 15 is 0 Å². The molecule has 8 heterocycles. The van der Waals surface area contributed by atoms with Crippen LogP contribution in [-0.2, 0) is 42.7 Å². The number of ketones is 1. The molecule has 0 spiro atoms. The number of Topliss-reactive ketones (excluding diaryl/α,β-unsaturated/α-hetero) is 1. The molecule has 12 heteroatoms. The van der Waals surface area contributed by atoms with Gasteiger partial charge in [0, 0.05) is 77.0 Å². The predicted octanol–water partition coefficient (Wildman–Crippen LogP) is 3.93. The summed E-state index contributed by atoms with van der Waals surface area (Å²) in [6.07, 6.45) is 6.05. The van der Waals surface area contributed by atoms with Crippen LogP contribution in [0.25, 0.3) is 0 Å². The van der Waals surface area contributed by atoms with Gasteiger partial charge in [0.05, 0.1) is 79.4 Å². The molecular formula is C42H65NO11. The lowest BCUT2D eigenvalue weighted by molar-refractivity contribution is -0.369. The molecule has 11 bridgehead atoms. The van der Waals surface area contributed by atoms with E-state index in [-0.39, 0.29) is 110 Å². The maximum Gasteiger partial charge on any atom is 0.168 e. The van der Waals surface area contributed by atoms with E-state index in [2.05, 4.69) is 18.5 Å². The Hall–Kier alpha value is -1.29. The second-order valence-corrected chi connectivity index (χ2v) is 17.9. The van der Waals surface area contributed by atoms with Crippen molar-refractivity contribution in [1.82, 2.24) is 5.32 Å². The fraction of sp³-hybridized carbons (Fsp3) is 0.881. The molecule has 9 rings (SSSR count). The summed E-state index contributed by atoms with van der Waals surface area (Å²) >= 11 is 0. The summed E-state index contributed by atoms with van der Waals surface area (Å²) in [6.45, 7) is 9.49. The van der Waals surface area contributed by atoms with Gasteiger partial charge in [-0.3, -0.25) is 4.79 Å². The minimum absolute atomic E-state index is 0.0238. The molecule has 12 nitrogen and oxygen atoms in total. The number of hydrogen-bond acceptors (Lipinski definition) is 12. The first-order chi connectivity index (χ1) is 26.0. The highest BCUT2D eigenvalue weighted by Crippen LogP contribution is 2.54. The average Bonchev–Trinajstić information content (AvgIpc) is 3.65. The zero-order valence-corrected chi connectivity index (χ0v) is 32.6. The lowest BCUT2D eigenvalue weighted by atomic mass is 9.61. The molecule has 0 radical (unpaired) electrons. The first-order valence-corrected chi connectivity index (χ1v) is 21.0. The van der Waals surface area contributed by atoms with Crippen molar-refractivity contribution in [3.05, 3.63) is 24.3 Å². The van der Waals surface area contributed by atoms with Gasteiger partial charge in [0.15, 0.2) is 5.79 Å². The monoisotopic (exact) mass is 759 g/mol. The molecule has 0 aromatic rings. The normalized spacial score (nSPS) is 48.9. The molecule has 3 N–H and O–H groups in total. The first kappa shape index (κ1) is 39.5. The highest BCUT2D eigenvalue weighted by atomic mass is 16.7. The number of carbonyl (C=O) groups is 1. The Morgan fingerprint density at radius 2 is 1.61 bits per heavy atom. The van der Waals surface area contributed by atoms with E-state index in [9.17, 15) is 15.0 Å². The van der Waals surface area contributed by atoms with Gasteiger partial charge >= 0.3 is 0 Å². The van der Waals surface area contributed by atoms with Gasteiger partial charge in [0.1, 0.15) is 11.9 Å². The maximum absolute atomic E-state index is 14.1. The van der Waals surface area contributed by atoms with E-state index in [1.165, 1.54) is 0 Å². The number of rotatable bonds is 6. The minimum atomic E-state index is -1.52. The summed E-state index contributed by atoms with van der Waals surface area (Å²) in [7, 11) is 5.34. The van der Waals surface area contributed by atoms with Crippen LogP contribution in [0.4, 0.5) is 0 Å². The smallest absolute Gasteiger partial charge is 0.168 e. The van der Waals surface area contributed by atoms with E-state index in [0.717, 1.165) is 56.1 Å². The number of methoxy groups -OCH3 is 2. The van der Waals surface area contributed by atoms with Crippen molar-refractivity contribution in [3.8, 4) is 0 Å². The van der Waals surface area contributed by atoms with Crippen LogP contribution in [0.15, 0.2) is 24.3 Å². The zero-order valence-electron chi connectivity index (χ0n) is 32.6. The Kier molecular flexibility index (Phi) is 12.1. The standard InChI is InChI=1S/C42H65NO11/c1-22-6-7-25-8-10-33-23(2)14-27(50-33)12-13-42(46)20-32(45)29-18-31-38(29)53-34-11-9-26(51-41(34)40(31)54-42)15-24(44)16-30-36(19-35(22)49-25)52-37(39(30)48-5)17-28(47-4)21-43-3/h25-41,43,45-46H,1-2,6-21H2,3-5H3/t25-,26-,27+,28+,29+,30+,31?,32-,33+,34+,35-,36+,37-,38+,39-,40-,41+,42+/m1/s1. The number of carbonyl (C=O) groups excluding carboxylic acids is 1. The molecular weight excluding hydrogens is 694 g/mol. The van der Waals surface area contributed by atoms with Gasteiger partial charge in [-0.05, 0) is 76.0 Å². The van der Waals surface area contributed by atoms with Gasteiger partial charge in [-0.2, -0.15) is 0 Å². The van der Waals surface area contributed by atoms with E-state index in [1.807, 2.05) is 7.05 Å². The Balaban J connectivity index is 1.05. The largest absolute Gasteiger partial charge is 0.393 e. The second-order valence-electron chi connectivity index (χ2n) is 17.9. The fourth-order valence-corrected chi connectivity index (χ4v) is 11.4. The number of nitrogens with one attached hydrogen (secondary N) is 1. The molecule has 8 aliphatic heterocycles. The van der Waals surface area contributed by atoms with E-state index in [0.29, 0.717) is 45.1 Å². The topological polar surface area (TPSA) is 143 Å². The number of ether oxygens (including phenoxy) is 8. The number of hydrogen-bond donors (Lipinski definition) is 3. The van der Waals surface area contributed by atoms with Crippen LogP contribution in [0.2, 0.25) is 0 Å². The SMILES string of the molecule is C=C1C[C@@H]2CC[C@@]3(O)C[C@@H](O)[C@@H]4CC5[C@H]4O[C@H]4CC[C@H](CC(=O)C[C@@H]6[C@@H](OC)[C@@H](C[C@@H](CNC)OC)O[C@H]6C[C@H]6O[C@H](CCC6=C)CC[C@@H]1O2)O[C@@H]4[C@@H]5O3. The second kappa shape index (κ2) is 16.5. The van der Waals surface area contributed by atoms with Gasteiger partial charge in [-0.25, -0.2) is 0 Å². The molecule has 0 amide bonds. The molecule has 8 saturated heterocycles. The van der Waals surface area contributed by atoms with Crippen LogP contribution in [0.1, 0.15) is 96.3 Å². The van der Waals surface area contributed by atoms with E-state index in [4.69, 9.17) is 37.9 Å². The first-order valence-electron chi connectivity index (χ1n) is 21.0. The molecule has 0 aromatic carbocycles. The summed E-state index contributed by atoms with van der Waals surface area (Å²) in [6, 6.07) is 0. The summed E-state index contributed by atoms with van der Waals surface area (Å²) in [4.78, 5) is 14.1. The van der Waals surface area contributed by atoms with Gasteiger partial charge in [-0.15, -0.1) is 0 Å². The molecule has 1 saturated carbocycles. The Bertz CT molecular complexity index is 1360. The third-order valence-corrected chi connectivity index (χ3v) is 14.4. The van der Waals surface area contributed by atoms with Crippen LogP contribution in [-0.4, -0.2) is 135 Å². The van der Waals surface area contributed by atoms with Crippen LogP contribution in [0.5, 0.6) is 0 Å². The molecule has 1 unspecified atom stereocenters. The molecule has 1 aliphatic carbocycles. The molecule has 18 atom stereocenters. The Labute approximate surface area is 320 Å². The Morgan fingerprint density at radius 1 is 0.815 bits per heavy atom. The summed E-state index contributed by atoms with van der Waals surface area (Å²) in [5.74, 6) is -1.58. The molecule has 9 fully saturated rings. The van der Waals surface area contributed by atoms with Crippen LogP contribution in [0, 0.1) is 17.8 Å². The quantitative estimate of drug-likeness (QED) is 0.338. The average molecular weight is 760 g/mol. The molecule has 304 valence electrons. The van der Waals surface area contributed by atoms with Crippen LogP contribution in [0.3, 0.4) is 0 Å². The van der Waals surface area contributed by atoms with Crippen molar-refractivity contribution < 1.29 is 52.9 Å². The van der Waals surface area contributed by atoms with Crippen LogP contribution < -0.4 is 5.32 Å². The van der Waals surface area contributed by atoms with Gasteiger partial charge in [0.2, 0.25) is 0 Å². The Morgan fingerprint density at radius 3 is 2.41 bits per heavy atom. The van der Waals surface area contributed by atoms with Gasteiger partial charge in [0.25, 0.3) is 0 Å². The van der Waals surface area contributed by atoms with Crippen molar-refractivity contribution in [2.24, 2.45) is 17.8 Å². The van der Waals surface area contributed by atoms with Crippen molar-refractivity contribution in [1.29, 1.82) is 0 Å². The lowest BCUT2D eigenvalue weighted by Gasteiger charge is -2.61. The summed E-state index contributed by atoms with van der Waals surface area (Å²) in [5, 5.41) is 26.6. The van der Waals surface area contributed by atoms with Crippen molar-refractivity contribution in [2.75, 3.05) is 27.8 Å². The number of fused-ring (bicyclic) bond motifs is 7. The van der Waals surface area contributed by atoms with Gasteiger partial charge < -0.3 is 53.4 Å². The molecule has 0 aromatic heterocycles.